The van der Waals surface area contributed by atoms with Gasteiger partial charge in [0.05, 0.1) is 31.8 Å². The van der Waals surface area contributed by atoms with Gasteiger partial charge in [0.2, 0.25) is 5.91 Å². The number of aliphatic hydroxyl groups is 1. The predicted octanol–water partition coefficient (Wildman–Crippen LogP) is 5.06. The number of carbonyl (C=O) groups excluding carboxylic acids is 2. The third kappa shape index (κ3) is 6.60. The molecule has 5 rings (SSSR count). The number of methoxy groups -OCH3 is 1. The molecule has 0 aliphatic carbocycles. The van der Waals surface area contributed by atoms with Gasteiger partial charge in [0.15, 0.2) is 0 Å². The zero-order chi connectivity index (χ0) is 29.9. The highest BCUT2D eigenvalue weighted by molar-refractivity contribution is 5.99. The number of anilines is 2. The minimum absolute atomic E-state index is 0.0810. The smallest absolute Gasteiger partial charge is 0.416 e. The number of aliphatic hydroxyl groups excluding tert-OH is 1. The Morgan fingerprint density at radius 1 is 1.02 bits per heavy atom. The lowest BCUT2D eigenvalue weighted by molar-refractivity contribution is -0.142. The van der Waals surface area contributed by atoms with Gasteiger partial charge in [-0.05, 0) is 55.0 Å². The summed E-state index contributed by atoms with van der Waals surface area (Å²) in [6.07, 6.45) is -5.52. The standard InChI is InChI=1S/C30H30F3N3O6/c1-40-24-5-3-2-4-17(24)15-34-27(38)14-21-13-23-22-12-20(10-11-25(22)42-28(23)26(16-37)41-21)36-29(39)35-19-8-6-18(7-9-19)30(31,32)33/h2-12,21,23,26,28,37H,13-16H2,1H3,(H,34,38)(H2,35,36,39)/t21-,23-,26+,28+/m1/s1. The summed E-state index contributed by atoms with van der Waals surface area (Å²) < 4.78 is 55.8. The number of amides is 3. The van der Waals surface area contributed by atoms with Gasteiger partial charge in [-0.25, -0.2) is 4.79 Å². The topological polar surface area (TPSA) is 118 Å². The molecule has 0 unspecified atom stereocenters. The van der Waals surface area contributed by atoms with Gasteiger partial charge in [-0.15, -0.1) is 0 Å². The largest absolute Gasteiger partial charge is 0.496 e. The highest BCUT2D eigenvalue weighted by atomic mass is 19.4. The molecule has 4 atom stereocenters. The maximum Gasteiger partial charge on any atom is 0.416 e. The summed E-state index contributed by atoms with van der Waals surface area (Å²) in [5, 5.41) is 18.1. The van der Waals surface area contributed by atoms with Crippen LogP contribution in [0.15, 0.2) is 66.7 Å². The van der Waals surface area contributed by atoms with Gasteiger partial charge in [-0.3, -0.25) is 4.79 Å². The van der Waals surface area contributed by atoms with Crippen LogP contribution in [0, 0.1) is 0 Å². The van der Waals surface area contributed by atoms with E-state index in [0.717, 1.165) is 23.3 Å². The Kier molecular flexibility index (Phi) is 8.55. The molecular formula is C30H30F3N3O6. The highest BCUT2D eigenvalue weighted by Crippen LogP contribution is 2.47. The summed E-state index contributed by atoms with van der Waals surface area (Å²) in [6, 6.07) is 16.0. The highest BCUT2D eigenvalue weighted by Gasteiger charge is 2.46. The lowest BCUT2D eigenvalue weighted by atomic mass is 9.84. The Hall–Kier alpha value is -4.29. The molecule has 0 bridgehead atoms. The maximum atomic E-state index is 12.8. The zero-order valence-electron chi connectivity index (χ0n) is 22.6. The fourth-order valence-electron chi connectivity index (χ4n) is 5.32. The minimum Gasteiger partial charge on any atom is -0.496 e. The molecule has 222 valence electrons. The first-order valence-corrected chi connectivity index (χ1v) is 13.4. The molecule has 9 nitrogen and oxygen atoms in total. The fourth-order valence-corrected chi connectivity index (χ4v) is 5.32. The summed E-state index contributed by atoms with van der Waals surface area (Å²) in [7, 11) is 1.57. The second-order valence-electron chi connectivity index (χ2n) is 10.1. The summed E-state index contributed by atoms with van der Waals surface area (Å²) >= 11 is 0. The van der Waals surface area contributed by atoms with Crippen LogP contribution in [-0.4, -0.2) is 49.1 Å². The van der Waals surface area contributed by atoms with E-state index in [2.05, 4.69) is 16.0 Å². The summed E-state index contributed by atoms with van der Waals surface area (Å²) in [4.78, 5) is 25.3. The van der Waals surface area contributed by atoms with E-state index in [-0.39, 0.29) is 30.5 Å². The van der Waals surface area contributed by atoms with Crippen molar-refractivity contribution < 1.29 is 42.1 Å². The first-order chi connectivity index (χ1) is 20.1. The Labute approximate surface area is 240 Å². The predicted molar refractivity (Wildman–Crippen MR) is 148 cm³/mol. The first kappa shape index (κ1) is 29.2. The van der Waals surface area contributed by atoms with E-state index in [1.807, 2.05) is 24.3 Å². The van der Waals surface area contributed by atoms with Crippen molar-refractivity contribution >= 4 is 23.3 Å². The van der Waals surface area contributed by atoms with Crippen molar-refractivity contribution in [2.24, 2.45) is 0 Å². The number of hydrogen-bond donors (Lipinski definition) is 4. The van der Waals surface area contributed by atoms with Crippen LogP contribution in [0.4, 0.5) is 29.3 Å². The van der Waals surface area contributed by atoms with E-state index in [1.54, 1.807) is 25.3 Å². The number of fused-ring (bicyclic) bond motifs is 3. The lowest BCUT2D eigenvalue weighted by Crippen LogP contribution is -2.47. The third-order valence-corrected chi connectivity index (χ3v) is 7.31. The summed E-state index contributed by atoms with van der Waals surface area (Å²) in [5.74, 6) is 0.849. The molecule has 3 aromatic carbocycles. The molecule has 3 aromatic rings. The van der Waals surface area contributed by atoms with Crippen LogP contribution in [-0.2, 0) is 22.3 Å². The van der Waals surface area contributed by atoms with Crippen LogP contribution in [0.2, 0.25) is 0 Å². The fraction of sp³-hybridized carbons (Fsp3) is 0.333. The Morgan fingerprint density at radius 3 is 2.45 bits per heavy atom. The third-order valence-electron chi connectivity index (χ3n) is 7.31. The van der Waals surface area contributed by atoms with Crippen molar-refractivity contribution in [3.63, 3.8) is 0 Å². The number of urea groups is 1. The van der Waals surface area contributed by atoms with E-state index in [4.69, 9.17) is 14.2 Å². The Morgan fingerprint density at radius 2 is 1.74 bits per heavy atom. The minimum atomic E-state index is -4.47. The molecule has 1 saturated heterocycles. The van der Waals surface area contributed by atoms with Crippen LogP contribution in [0.5, 0.6) is 11.5 Å². The second-order valence-corrected chi connectivity index (χ2v) is 10.1. The molecule has 0 radical (unpaired) electrons. The zero-order valence-corrected chi connectivity index (χ0v) is 22.6. The number of alkyl halides is 3. The molecule has 42 heavy (non-hydrogen) atoms. The maximum absolute atomic E-state index is 12.8. The van der Waals surface area contributed by atoms with Crippen LogP contribution in [0.3, 0.4) is 0 Å². The van der Waals surface area contributed by atoms with Gasteiger partial charge in [0.1, 0.15) is 23.7 Å². The average Bonchev–Trinajstić information content (AvgIpc) is 3.33. The summed E-state index contributed by atoms with van der Waals surface area (Å²) in [5.41, 5.74) is 1.47. The SMILES string of the molecule is COc1ccccc1CNC(=O)C[C@H]1C[C@@H]2c3cc(NC(=O)Nc4ccc(C(F)(F)F)cc4)ccc3O[C@@H]2[C@H](CO)O1. The number of carbonyl (C=O) groups is 2. The van der Waals surface area contributed by atoms with Crippen molar-refractivity contribution in [3.05, 3.63) is 83.4 Å². The van der Waals surface area contributed by atoms with Gasteiger partial charge in [0.25, 0.3) is 0 Å². The second kappa shape index (κ2) is 12.3. The number of ether oxygens (including phenoxy) is 3. The number of nitrogens with one attached hydrogen (secondary N) is 3. The molecule has 2 heterocycles. The molecular weight excluding hydrogens is 555 g/mol. The van der Waals surface area contributed by atoms with Crippen LogP contribution in [0.25, 0.3) is 0 Å². The van der Waals surface area contributed by atoms with E-state index in [1.165, 1.54) is 12.1 Å². The first-order valence-electron chi connectivity index (χ1n) is 13.4. The number of benzene rings is 3. The van der Waals surface area contributed by atoms with Gasteiger partial charge < -0.3 is 35.3 Å². The summed E-state index contributed by atoms with van der Waals surface area (Å²) in [6.45, 7) is -0.00428. The molecule has 2 aliphatic heterocycles. The van der Waals surface area contributed by atoms with Gasteiger partial charge in [-0.1, -0.05) is 18.2 Å². The van der Waals surface area contributed by atoms with Crippen molar-refractivity contribution in [1.82, 2.24) is 5.32 Å². The molecule has 0 spiro atoms. The molecule has 4 N–H and O–H groups in total. The molecule has 0 saturated carbocycles. The lowest BCUT2D eigenvalue weighted by Gasteiger charge is -2.37. The van der Waals surface area contributed by atoms with Gasteiger partial charge >= 0.3 is 12.2 Å². The Bertz CT molecular complexity index is 1430. The molecule has 2 aliphatic rings. The molecule has 0 aromatic heterocycles. The number of rotatable bonds is 8. The van der Waals surface area contributed by atoms with E-state index < -0.39 is 36.1 Å². The van der Waals surface area contributed by atoms with Gasteiger partial charge in [0, 0.05) is 35.0 Å². The Balaban J connectivity index is 1.22. The van der Waals surface area contributed by atoms with Crippen molar-refractivity contribution in [2.45, 2.75) is 49.8 Å². The van der Waals surface area contributed by atoms with Gasteiger partial charge in [-0.2, -0.15) is 13.2 Å². The van der Waals surface area contributed by atoms with Crippen molar-refractivity contribution in [2.75, 3.05) is 24.4 Å². The molecule has 12 heteroatoms. The number of para-hydroxylation sites is 1. The number of halogens is 3. The van der Waals surface area contributed by atoms with Crippen molar-refractivity contribution in [1.29, 1.82) is 0 Å². The van der Waals surface area contributed by atoms with E-state index in [0.29, 0.717) is 30.2 Å². The normalized spacial score (nSPS) is 21.0. The molecule has 1 fully saturated rings. The average molecular weight is 586 g/mol. The van der Waals surface area contributed by atoms with E-state index >= 15 is 0 Å². The number of hydrogen-bond acceptors (Lipinski definition) is 6. The van der Waals surface area contributed by atoms with E-state index in [9.17, 15) is 27.9 Å². The monoisotopic (exact) mass is 585 g/mol. The van der Waals surface area contributed by atoms with Crippen LogP contribution >= 0.6 is 0 Å². The molecule has 3 amide bonds. The van der Waals surface area contributed by atoms with Crippen molar-refractivity contribution in [3.8, 4) is 11.5 Å². The van der Waals surface area contributed by atoms with Crippen LogP contribution < -0.4 is 25.4 Å². The van der Waals surface area contributed by atoms with Crippen LogP contribution in [0.1, 0.15) is 35.4 Å². The quantitative estimate of drug-likeness (QED) is 0.294.